The summed E-state index contributed by atoms with van der Waals surface area (Å²) < 4.78 is 5.59. The molecule has 0 aliphatic heterocycles. The monoisotopic (exact) mass is 679 g/mol. The van der Waals surface area contributed by atoms with Gasteiger partial charge in [0.15, 0.2) is 0 Å². The predicted octanol–water partition coefficient (Wildman–Crippen LogP) is 9.14. The zero-order chi connectivity index (χ0) is 34.8. The number of amides is 1. The van der Waals surface area contributed by atoms with E-state index in [2.05, 4.69) is 44.2 Å². The minimum atomic E-state index is -1.25. The van der Waals surface area contributed by atoms with Crippen molar-refractivity contribution in [1.82, 2.24) is 4.90 Å². The standard InChI is InChI=1S/C42H49NO5S/c1-5-48-40(46)43(26-32-13-8-12-31-11-6-7-14-34(31)32)27-42(47)23-21-37-35-19-17-30(25-36(35)39(45)38-20-16-29(3)49-38)24-33(44)18-15-28(2)10-9-22-41(37,42)4/h6-8,10-14,16-17,19-20,25,33,37,44,47H,5,9,15,18,21-24,26-27H2,1-4H3. The molecular formula is C42H49NO5S. The van der Waals surface area contributed by atoms with E-state index in [4.69, 9.17) is 4.74 Å². The number of aliphatic hydroxyl groups excluding tert-OH is 1. The first-order chi connectivity index (χ1) is 23.5. The lowest BCUT2D eigenvalue weighted by Crippen LogP contribution is -2.53. The molecule has 2 bridgehead atoms. The zero-order valence-corrected chi connectivity index (χ0v) is 30.0. The molecule has 4 aromatic rings. The fourth-order valence-electron chi connectivity index (χ4n) is 8.24. The number of thiophene rings is 1. The number of hydrogen-bond acceptors (Lipinski definition) is 6. The number of nitrogens with zero attached hydrogens (tertiary/aromatic N) is 1. The number of carbonyl (C=O) groups is 2. The topological polar surface area (TPSA) is 87.1 Å². The normalized spacial score (nSPS) is 24.2. The minimum Gasteiger partial charge on any atom is -0.450 e. The van der Waals surface area contributed by atoms with Gasteiger partial charge in [-0.1, -0.05) is 73.2 Å². The van der Waals surface area contributed by atoms with Crippen LogP contribution in [0.25, 0.3) is 10.8 Å². The van der Waals surface area contributed by atoms with Crippen molar-refractivity contribution in [3.8, 4) is 0 Å². The first-order valence-electron chi connectivity index (χ1n) is 17.7. The maximum absolute atomic E-state index is 14.2. The number of ether oxygens (including phenoxy) is 1. The van der Waals surface area contributed by atoms with Crippen LogP contribution >= 0.6 is 11.3 Å². The molecule has 49 heavy (non-hydrogen) atoms. The second-order valence-electron chi connectivity index (χ2n) is 14.4. The van der Waals surface area contributed by atoms with Crippen molar-refractivity contribution in [3.63, 3.8) is 0 Å². The second kappa shape index (κ2) is 14.6. The van der Waals surface area contributed by atoms with E-state index < -0.39 is 23.2 Å². The smallest absolute Gasteiger partial charge is 0.410 e. The Morgan fingerprint density at radius 3 is 2.57 bits per heavy atom. The van der Waals surface area contributed by atoms with Gasteiger partial charge in [-0.05, 0) is 117 Å². The SMILES string of the molecule is CCOC(=O)N(Cc1cccc2ccccc12)CC1(O)CCC2c3ccc(cc3C(=O)c3ccc(C)s3)CC(O)CCC(C)=CCCC21C. The summed E-state index contributed by atoms with van der Waals surface area (Å²) in [5.41, 5.74) is 2.82. The fraction of sp³-hybridized carbons (Fsp3) is 0.429. The van der Waals surface area contributed by atoms with E-state index in [9.17, 15) is 19.8 Å². The van der Waals surface area contributed by atoms with Gasteiger partial charge in [0.05, 0.1) is 29.7 Å². The molecule has 6 nitrogen and oxygen atoms in total. The number of ketones is 1. The Morgan fingerprint density at radius 1 is 1.00 bits per heavy atom. The van der Waals surface area contributed by atoms with Gasteiger partial charge in [0.1, 0.15) is 0 Å². The first-order valence-corrected chi connectivity index (χ1v) is 18.5. The van der Waals surface area contributed by atoms with Gasteiger partial charge in [-0.25, -0.2) is 4.79 Å². The van der Waals surface area contributed by atoms with Crippen LogP contribution in [0.4, 0.5) is 4.79 Å². The Labute approximate surface area is 294 Å². The number of hydrogen-bond donors (Lipinski definition) is 2. The number of aliphatic hydroxyl groups is 2. The lowest BCUT2D eigenvalue weighted by molar-refractivity contribution is -0.0820. The molecule has 7 rings (SSSR count). The zero-order valence-electron chi connectivity index (χ0n) is 29.2. The summed E-state index contributed by atoms with van der Waals surface area (Å²) >= 11 is 1.49. The molecule has 4 atom stereocenters. The van der Waals surface area contributed by atoms with Crippen molar-refractivity contribution >= 4 is 34.0 Å². The van der Waals surface area contributed by atoms with Crippen LogP contribution < -0.4 is 0 Å². The van der Waals surface area contributed by atoms with Crippen LogP contribution in [-0.2, 0) is 17.7 Å². The van der Waals surface area contributed by atoms with Gasteiger partial charge in [0, 0.05) is 22.4 Å². The molecule has 3 aliphatic rings. The van der Waals surface area contributed by atoms with Crippen molar-refractivity contribution in [2.75, 3.05) is 13.2 Å². The number of carbonyl (C=O) groups excluding carboxylic acids is 2. The number of aryl methyl sites for hydroxylation is 1. The molecule has 0 saturated heterocycles. The molecule has 0 radical (unpaired) electrons. The second-order valence-corrected chi connectivity index (χ2v) is 15.7. The molecule has 3 aromatic carbocycles. The van der Waals surface area contributed by atoms with Gasteiger partial charge in [-0.15, -0.1) is 11.3 Å². The summed E-state index contributed by atoms with van der Waals surface area (Å²) in [4.78, 5) is 31.3. The minimum absolute atomic E-state index is 0.0193. The number of benzene rings is 3. The lowest BCUT2D eigenvalue weighted by Gasteiger charge is -2.46. The third kappa shape index (κ3) is 7.26. The Hall–Kier alpha value is -3.78. The van der Waals surface area contributed by atoms with Crippen LogP contribution in [0.2, 0.25) is 0 Å². The van der Waals surface area contributed by atoms with Gasteiger partial charge in [0.25, 0.3) is 0 Å². The molecule has 1 amide bonds. The largest absolute Gasteiger partial charge is 0.450 e. The average molecular weight is 680 g/mol. The highest BCUT2D eigenvalue weighted by Gasteiger charge is 2.57. The van der Waals surface area contributed by atoms with E-state index in [0.717, 1.165) is 45.2 Å². The highest BCUT2D eigenvalue weighted by molar-refractivity contribution is 7.14. The quantitative estimate of drug-likeness (QED) is 0.150. The summed E-state index contributed by atoms with van der Waals surface area (Å²) in [5, 5.41) is 26.0. The summed E-state index contributed by atoms with van der Waals surface area (Å²) in [6.45, 7) is 8.73. The van der Waals surface area contributed by atoms with Crippen LogP contribution in [0.1, 0.15) is 102 Å². The van der Waals surface area contributed by atoms with Gasteiger partial charge in [-0.2, -0.15) is 0 Å². The molecule has 1 aromatic heterocycles. The molecule has 1 fully saturated rings. The summed E-state index contributed by atoms with van der Waals surface area (Å²) in [6, 6.07) is 24.2. The maximum atomic E-state index is 14.2. The molecule has 2 N–H and O–H groups in total. The van der Waals surface area contributed by atoms with Gasteiger partial charge < -0.3 is 19.8 Å². The summed E-state index contributed by atoms with van der Waals surface area (Å²) in [5.74, 6) is -0.149. The first kappa shape index (κ1) is 35.1. The molecule has 258 valence electrons. The predicted molar refractivity (Wildman–Crippen MR) is 197 cm³/mol. The highest BCUT2D eigenvalue weighted by Crippen LogP contribution is 2.59. The van der Waals surface area contributed by atoms with Gasteiger partial charge >= 0.3 is 6.09 Å². The highest BCUT2D eigenvalue weighted by atomic mass is 32.1. The Bertz CT molecular complexity index is 1860. The van der Waals surface area contributed by atoms with Crippen molar-refractivity contribution in [2.45, 2.75) is 96.8 Å². The van der Waals surface area contributed by atoms with Crippen molar-refractivity contribution < 1.29 is 24.5 Å². The molecule has 4 unspecified atom stereocenters. The summed E-state index contributed by atoms with van der Waals surface area (Å²) in [7, 11) is 0. The third-order valence-electron chi connectivity index (χ3n) is 11.1. The van der Waals surface area contributed by atoms with Crippen molar-refractivity contribution in [3.05, 3.63) is 116 Å². The average Bonchev–Trinajstić information content (AvgIpc) is 3.63. The van der Waals surface area contributed by atoms with Crippen LogP contribution in [0.3, 0.4) is 0 Å². The van der Waals surface area contributed by atoms with Crippen LogP contribution in [0.15, 0.2) is 84.4 Å². The van der Waals surface area contributed by atoms with E-state index in [-0.39, 0.29) is 24.9 Å². The van der Waals surface area contributed by atoms with Crippen molar-refractivity contribution in [1.29, 1.82) is 0 Å². The molecule has 7 heteroatoms. The molecule has 0 spiro atoms. The lowest BCUT2D eigenvalue weighted by atomic mass is 9.64. The number of allylic oxidation sites excluding steroid dienone is 2. The maximum Gasteiger partial charge on any atom is 0.410 e. The summed E-state index contributed by atoms with van der Waals surface area (Å²) in [6.07, 6.45) is 5.77. The van der Waals surface area contributed by atoms with E-state index in [0.29, 0.717) is 49.1 Å². The fourth-order valence-corrected chi connectivity index (χ4v) is 9.06. The van der Waals surface area contributed by atoms with Gasteiger partial charge in [0.2, 0.25) is 5.78 Å². The molecule has 1 saturated carbocycles. The van der Waals surface area contributed by atoms with Crippen LogP contribution in [0, 0.1) is 12.3 Å². The Balaban J connectivity index is 1.43. The number of rotatable bonds is 7. The van der Waals surface area contributed by atoms with Gasteiger partial charge in [-0.3, -0.25) is 4.79 Å². The van der Waals surface area contributed by atoms with E-state index >= 15 is 0 Å². The van der Waals surface area contributed by atoms with Crippen LogP contribution in [-0.4, -0.2) is 51.8 Å². The van der Waals surface area contributed by atoms with E-state index in [1.54, 1.807) is 11.8 Å². The van der Waals surface area contributed by atoms with E-state index in [1.165, 1.54) is 16.9 Å². The number of fused-ring (bicyclic) bond motifs is 9. The Morgan fingerprint density at radius 2 is 1.80 bits per heavy atom. The molecule has 1 heterocycles. The molecular weight excluding hydrogens is 631 g/mol. The third-order valence-corrected chi connectivity index (χ3v) is 12.1. The van der Waals surface area contributed by atoms with Crippen molar-refractivity contribution in [2.24, 2.45) is 5.41 Å². The van der Waals surface area contributed by atoms with E-state index in [1.807, 2.05) is 55.5 Å². The molecule has 3 aliphatic carbocycles. The Kier molecular flexibility index (Phi) is 10.4. The van der Waals surface area contributed by atoms with Crippen LogP contribution in [0.5, 0.6) is 0 Å².